The SMILES string of the molecule is O=C(O)[C@H]1CCN(C(=O)CCn2c(=O)oc3ccccc32)C1. The predicted octanol–water partition coefficient (Wildman–Crippen LogP) is 0.918. The van der Waals surface area contributed by atoms with Gasteiger partial charge in [0.1, 0.15) is 0 Å². The summed E-state index contributed by atoms with van der Waals surface area (Å²) in [6, 6.07) is 7.04. The van der Waals surface area contributed by atoms with Crippen LogP contribution in [0, 0.1) is 5.92 Å². The molecule has 116 valence electrons. The third kappa shape index (κ3) is 2.61. The lowest BCUT2D eigenvalue weighted by molar-refractivity contribution is -0.141. The van der Waals surface area contributed by atoms with Crippen LogP contribution in [0.4, 0.5) is 0 Å². The van der Waals surface area contributed by atoms with E-state index in [9.17, 15) is 14.4 Å². The Morgan fingerprint density at radius 1 is 1.32 bits per heavy atom. The molecule has 7 nitrogen and oxygen atoms in total. The Labute approximate surface area is 125 Å². The number of oxazole rings is 1. The second kappa shape index (κ2) is 5.67. The molecule has 0 bridgehead atoms. The summed E-state index contributed by atoms with van der Waals surface area (Å²) in [7, 11) is 0. The maximum absolute atomic E-state index is 12.1. The molecule has 0 saturated carbocycles. The second-order valence-corrected chi connectivity index (χ2v) is 5.40. The molecule has 2 aromatic rings. The molecule has 1 aliphatic heterocycles. The molecule has 0 radical (unpaired) electrons. The minimum absolute atomic E-state index is 0.138. The maximum atomic E-state index is 12.1. The zero-order chi connectivity index (χ0) is 15.7. The van der Waals surface area contributed by atoms with E-state index < -0.39 is 17.6 Å². The third-order valence-corrected chi connectivity index (χ3v) is 4.01. The predicted molar refractivity (Wildman–Crippen MR) is 77.4 cm³/mol. The van der Waals surface area contributed by atoms with Gasteiger partial charge in [0.25, 0.3) is 0 Å². The van der Waals surface area contributed by atoms with E-state index in [2.05, 4.69) is 0 Å². The quantitative estimate of drug-likeness (QED) is 0.906. The number of fused-ring (bicyclic) bond motifs is 1. The lowest BCUT2D eigenvalue weighted by Crippen LogP contribution is -2.31. The lowest BCUT2D eigenvalue weighted by atomic mass is 10.1. The number of carbonyl (C=O) groups excluding carboxylic acids is 1. The van der Waals surface area contributed by atoms with Crippen molar-refractivity contribution >= 4 is 23.0 Å². The van der Waals surface area contributed by atoms with E-state index in [0.717, 1.165) is 0 Å². The number of para-hydroxylation sites is 2. The van der Waals surface area contributed by atoms with Crippen molar-refractivity contribution in [2.45, 2.75) is 19.4 Å². The van der Waals surface area contributed by atoms with E-state index in [1.807, 2.05) is 0 Å². The molecule has 1 saturated heterocycles. The van der Waals surface area contributed by atoms with Crippen LogP contribution >= 0.6 is 0 Å². The van der Waals surface area contributed by atoms with Gasteiger partial charge in [-0.05, 0) is 18.6 Å². The number of carboxylic acids is 1. The number of carboxylic acid groups (broad SMARTS) is 1. The molecule has 1 N–H and O–H groups in total. The highest BCUT2D eigenvalue weighted by atomic mass is 16.4. The van der Waals surface area contributed by atoms with Gasteiger partial charge in [-0.15, -0.1) is 0 Å². The molecule has 7 heteroatoms. The zero-order valence-electron chi connectivity index (χ0n) is 11.9. The average molecular weight is 304 g/mol. The smallest absolute Gasteiger partial charge is 0.419 e. The summed E-state index contributed by atoms with van der Waals surface area (Å²) in [5, 5.41) is 8.95. The highest BCUT2D eigenvalue weighted by Gasteiger charge is 2.30. The molecule has 22 heavy (non-hydrogen) atoms. The monoisotopic (exact) mass is 304 g/mol. The van der Waals surface area contributed by atoms with Crippen molar-refractivity contribution in [3.8, 4) is 0 Å². The van der Waals surface area contributed by atoms with Crippen molar-refractivity contribution < 1.29 is 19.1 Å². The third-order valence-electron chi connectivity index (χ3n) is 4.01. The number of hydrogen-bond acceptors (Lipinski definition) is 4. The van der Waals surface area contributed by atoms with E-state index in [1.54, 1.807) is 29.2 Å². The first-order chi connectivity index (χ1) is 10.6. The maximum Gasteiger partial charge on any atom is 0.419 e. The van der Waals surface area contributed by atoms with Gasteiger partial charge in [0.05, 0.1) is 11.4 Å². The molecule has 1 atom stereocenters. The fourth-order valence-corrected chi connectivity index (χ4v) is 2.78. The van der Waals surface area contributed by atoms with Crippen molar-refractivity contribution in [3.63, 3.8) is 0 Å². The zero-order valence-corrected chi connectivity index (χ0v) is 11.9. The Hall–Kier alpha value is -2.57. The number of carbonyl (C=O) groups is 2. The summed E-state index contributed by atoms with van der Waals surface area (Å²) in [6.45, 7) is 0.926. The number of aromatic nitrogens is 1. The van der Waals surface area contributed by atoms with E-state index in [1.165, 1.54) is 4.57 Å². The van der Waals surface area contributed by atoms with Crippen LogP contribution in [0.3, 0.4) is 0 Å². The largest absolute Gasteiger partial charge is 0.481 e. The summed E-state index contributed by atoms with van der Waals surface area (Å²) in [5.74, 6) is -1.98. The van der Waals surface area contributed by atoms with Crippen LogP contribution in [0.15, 0.2) is 33.5 Å². The van der Waals surface area contributed by atoms with Gasteiger partial charge < -0.3 is 14.4 Å². The number of aryl methyl sites for hydroxylation is 1. The van der Waals surface area contributed by atoms with E-state index in [4.69, 9.17) is 9.52 Å². The Kier molecular flexibility index (Phi) is 3.70. The number of likely N-dealkylation sites (tertiary alicyclic amines) is 1. The van der Waals surface area contributed by atoms with Crippen LogP contribution < -0.4 is 5.76 Å². The first-order valence-electron chi connectivity index (χ1n) is 7.15. The van der Waals surface area contributed by atoms with Gasteiger partial charge in [0.15, 0.2) is 5.58 Å². The van der Waals surface area contributed by atoms with Crippen LogP contribution in [0.1, 0.15) is 12.8 Å². The number of amides is 1. The van der Waals surface area contributed by atoms with Gasteiger partial charge in [-0.25, -0.2) is 4.79 Å². The molecule has 0 unspecified atom stereocenters. The van der Waals surface area contributed by atoms with E-state index in [-0.39, 0.29) is 25.4 Å². The van der Waals surface area contributed by atoms with Crippen LogP contribution in [0.5, 0.6) is 0 Å². The summed E-state index contributed by atoms with van der Waals surface area (Å²) >= 11 is 0. The Balaban J connectivity index is 1.67. The molecule has 3 rings (SSSR count). The molecule has 1 amide bonds. The van der Waals surface area contributed by atoms with Crippen molar-refractivity contribution in [3.05, 3.63) is 34.8 Å². The van der Waals surface area contributed by atoms with Crippen molar-refractivity contribution in [2.24, 2.45) is 5.92 Å². The minimum Gasteiger partial charge on any atom is -0.481 e. The van der Waals surface area contributed by atoms with Crippen LogP contribution in [-0.2, 0) is 16.1 Å². The number of hydrogen-bond donors (Lipinski definition) is 1. The van der Waals surface area contributed by atoms with Gasteiger partial charge >= 0.3 is 11.7 Å². The van der Waals surface area contributed by atoms with Crippen molar-refractivity contribution in [1.29, 1.82) is 0 Å². The molecule has 1 aromatic heterocycles. The number of rotatable bonds is 4. The standard InChI is InChI=1S/C15H16N2O5/c18-13(16-7-5-10(9-16)14(19)20)6-8-17-11-3-1-2-4-12(11)22-15(17)21/h1-4,10H,5-9H2,(H,19,20)/t10-/m0/s1. The Morgan fingerprint density at radius 2 is 2.09 bits per heavy atom. The number of benzene rings is 1. The first kappa shape index (κ1) is 14.4. The fourth-order valence-electron chi connectivity index (χ4n) is 2.78. The second-order valence-electron chi connectivity index (χ2n) is 5.40. The molecule has 1 aromatic carbocycles. The van der Waals surface area contributed by atoms with Gasteiger partial charge in [-0.3, -0.25) is 14.2 Å². The Bertz CT molecular complexity index is 776. The molecule has 1 fully saturated rings. The highest BCUT2D eigenvalue weighted by molar-refractivity contribution is 5.79. The molecule has 2 heterocycles. The van der Waals surface area contributed by atoms with E-state index >= 15 is 0 Å². The van der Waals surface area contributed by atoms with Gasteiger partial charge in [0.2, 0.25) is 5.91 Å². The van der Waals surface area contributed by atoms with Crippen LogP contribution in [0.2, 0.25) is 0 Å². The van der Waals surface area contributed by atoms with Gasteiger partial charge in [-0.2, -0.15) is 0 Å². The summed E-state index contributed by atoms with van der Waals surface area (Å²) in [6.07, 6.45) is 0.630. The lowest BCUT2D eigenvalue weighted by Gasteiger charge is -2.15. The highest BCUT2D eigenvalue weighted by Crippen LogP contribution is 2.18. The van der Waals surface area contributed by atoms with Gasteiger partial charge in [-0.1, -0.05) is 12.1 Å². The number of nitrogens with zero attached hydrogens (tertiary/aromatic N) is 2. The molecular formula is C15H16N2O5. The molecule has 0 aliphatic carbocycles. The molecule has 1 aliphatic rings. The Morgan fingerprint density at radius 3 is 2.82 bits per heavy atom. The van der Waals surface area contributed by atoms with Crippen LogP contribution in [0.25, 0.3) is 11.1 Å². The summed E-state index contributed by atoms with van der Waals surface area (Å²) in [5.41, 5.74) is 1.15. The summed E-state index contributed by atoms with van der Waals surface area (Å²) < 4.78 is 6.54. The fraction of sp³-hybridized carbons (Fsp3) is 0.400. The average Bonchev–Trinajstić information content (AvgIpc) is 3.09. The minimum atomic E-state index is -0.868. The topological polar surface area (TPSA) is 92.8 Å². The molecule has 0 spiro atoms. The number of aliphatic carboxylic acids is 1. The van der Waals surface area contributed by atoms with E-state index in [0.29, 0.717) is 24.1 Å². The first-order valence-corrected chi connectivity index (χ1v) is 7.15. The normalized spacial score (nSPS) is 18.0. The molecular weight excluding hydrogens is 288 g/mol. The van der Waals surface area contributed by atoms with Crippen molar-refractivity contribution in [1.82, 2.24) is 9.47 Å². The van der Waals surface area contributed by atoms with Crippen molar-refractivity contribution in [2.75, 3.05) is 13.1 Å². The van der Waals surface area contributed by atoms with Gasteiger partial charge in [0, 0.05) is 26.1 Å². The van der Waals surface area contributed by atoms with Crippen LogP contribution in [-0.4, -0.2) is 39.5 Å². The summed E-state index contributed by atoms with van der Waals surface area (Å²) in [4.78, 5) is 36.4.